The maximum atomic E-state index is 15.9. The van der Waals surface area contributed by atoms with E-state index in [0.29, 0.717) is 44.2 Å². The molecule has 1 aromatic carbocycles. The number of aliphatic hydroxyl groups excluding tert-OH is 1. The highest BCUT2D eigenvalue weighted by Crippen LogP contribution is 2.40. The van der Waals surface area contributed by atoms with Crippen LogP contribution < -0.4 is 11.1 Å². The maximum absolute atomic E-state index is 15.9. The fraction of sp³-hybridized carbons (Fsp3) is 0.583. The van der Waals surface area contributed by atoms with Gasteiger partial charge in [-0.2, -0.15) is 5.10 Å². The molecule has 0 aliphatic heterocycles. The predicted molar refractivity (Wildman–Crippen MR) is 119 cm³/mol. The summed E-state index contributed by atoms with van der Waals surface area (Å²) in [5.74, 6) is -5.32. The zero-order valence-electron chi connectivity index (χ0n) is 19.3. The topological polar surface area (TPSA) is 93.2 Å². The minimum absolute atomic E-state index is 0.0987. The molecule has 9 heteroatoms. The number of primary amides is 1. The number of hydrogen-bond donors (Lipinski definition) is 3. The van der Waals surface area contributed by atoms with Gasteiger partial charge in [-0.3, -0.25) is 4.79 Å². The van der Waals surface area contributed by atoms with Crippen LogP contribution in [0, 0.1) is 22.9 Å². The highest BCUT2D eigenvalue weighted by Gasteiger charge is 2.36. The van der Waals surface area contributed by atoms with Crippen LogP contribution in [0.1, 0.15) is 80.2 Å². The lowest BCUT2D eigenvalue weighted by atomic mass is 9.76. The molecule has 1 aromatic heterocycles. The normalized spacial score (nSPS) is 22.2. The molecule has 0 unspecified atom stereocenters. The first-order chi connectivity index (χ1) is 15.5. The monoisotopic (exact) mass is 464 g/mol. The average Bonchev–Trinajstić information content (AvgIpc) is 3.09. The molecular formula is C24H31F3N4O2. The molecule has 0 atom stereocenters. The van der Waals surface area contributed by atoms with Crippen molar-refractivity contribution in [1.29, 1.82) is 0 Å². The molecule has 2 aromatic rings. The quantitative estimate of drug-likeness (QED) is 0.579. The Morgan fingerprint density at radius 1 is 1.18 bits per heavy atom. The number of nitrogens with one attached hydrogen (secondary N) is 1. The second-order valence-electron chi connectivity index (χ2n) is 10.0. The highest BCUT2D eigenvalue weighted by atomic mass is 19.2. The first kappa shape index (κ1) is 23.6. The summed E-state index contributed by atoms with van der Waals surface area (Å²) in [6, 6.07) is -0.310. The van der Waals surface area contributed by atoms with Crippen LogP contribution in [0.4, 0.5) is 18.9 Å². The van der Waals surface area contributed by atoms with Gasteiger partial charge in [-0.25, -0.2) is 17.9 Å². The summed E-state index contributed by atoms with van der Waals surface area (Å²) in [6.07, 6.45) is 4.29. The molecule has 0 radical (unpaired) electrons. The smallest absolute Gasteiger partial charge is 0.254 e. The molecule has 6 nitrogen and oxygen atoms in total. The Morgan fingerprint density at radius 2 is 1.85 bits per heavy atom. The number of aryl methyl sites for hydroxylation is 1. The van der Waals surface area contributed by atoms with E-state index in [0.717, 1.165) is 24.1 Å². The Balaban J connectivity index is 1.89. The van der Waals surface area contributed by atoms with Crippen LogP contribution in [-0.4, -0.2) is 32.9 Å². The zero-order chi connectivity index (χ0) is 24.1. The lowest BCUT2D eigenvalue weighted by Crippen LogP contribution is -2.31. The number of carbonyl (C=O) groups is 1. The fourth-order valence-corrected chi connectivity index (χ4v) is 5.11. The molecule has 1 amide bonds. The van der Waals surface area contributed by atoms with Crippen molar-refractivity contribution in [2.24, 2.45) is 11.1 Å². The SMILES string of the molecule is CCc1nn(-c2c(F)c(F)c(C(N)=O)c(N[C@H]3CC[C@H](O)CC3)c2F)c2c1CCC(C)(C)C2. The molecular weight excluding hydrogens is 433 g/mol. The second kappa shape index (κ2) is 8.66. The van der Waals surface area contributed by atoms with Gasteiger partial charge in [0.2, 0.25) is 0 Å². The van der Waals surface area contributed by atoms with Crippen molar-refractivity contribution >= 4 is 11.6 Å². The van der Waals surface area contributed by atoms with Gasteiger partial charge in [-0.15, -0.1) is 0 Å². The third kappa shape index (κ3) is 4.23. The Labute approximate surface area is 191 Å². The van der Waals surface area contributed by atoms with Crippen molar-refractivity contribution < 1.29 is 23.1 Å². The van der Waals surface area contributed by atoms with E-state index in [2.05, 4.69) is 24.3 Å². The van der Waals surface area contributed by atoms with E-state index >= 15 is 13.2 Å². The van der Waals surface area contributed by atoms with Gasteiger partial charge in [0.05, 0.1) is 17.5 Å². The predicted octanol–water partition coefficient (Wildman–Crippen LogP) is 4.18. The largest absolute Gasteiger partial charge is 0.393 e. The van der Waals surface area contributed by atoms with Crippen molar-refractivity contribution in [3.8, 4) is 5.69 Å². The molecule has 2 aliphatic rings. The summed E-state index contributed by atoms with van der Waals surface area (Å²) in [7, 11) is 0. The number of fused-ring (bicyclic) bond motifs is 1. The van der Waals surface area contributed by atoms with Gasteiger partial charge in [0, 0.05) is 11.7 Å². The molecule has 4 rings (SSSR count). The number of nitrogens with two attached hydrogens (primary N) is 1. The van der Waals surface area contributed by atoms with Gasteiger partial charge >= 0.3 is 0 Å². The number of carbonyl (C=O) groups excluding carboxylic acids is 1. The van der Waals surface area contributed by atoms with Crippen molar-refractivity contribution in [1.82, 2.24) is 9.78 Å². The van der Waals surface area contributed by atoms with Crippen LogP contribution in [0.25, 0.3) is 5.69 Å². The third-order valence-corrected chi connectivity index (χ3v) is 7.01. The van der Waals surface area contributed by atoms with Crippen LogP contribution >= 0.6 is 0 Å². The molecule has 4 N–H and O–H groups in total. The van der Waals surface area contributed by atoms with E-state index in [1.165, 1.54) is 4.68 Å². The lowest BCUT2D eigenvalue weighted by Gasteiger charge is -2.31. The molecule has 1 saturated carbocycles. The van der Waals surface area contributed by atoms with Gasteiger partial charge < -0.3 is 16.2 Å². The maximum Gasteiger partial charge on any atom is 0.254 e. The third-order valence-electron chi connectivity index (χ3n) is 7.01. The second-order valence-corrected chi connectivity index (χ2v) is 10.0. The van der Waals surface area contributed by atoms with E-state index in [1.54, 1.807) is 0 Å². The summed E-state index contributed by atoms with van der Waals surface area (Å²) < 4.78 is 47.6. The Bertz CT molecular complexity index is 1090. The number of aliphatic hydroxyl groups is 1. The van der Waals surface area contributed by atoms with Crippen molar-refractivity contribution in [3.63, 3.8) is 0 Å². The zero-order valence-corrected chi connectivity index (χ0v) is 19.3. The van der Waals surface area contributed by atoms with Gasteiger partial charge in [0.25, 0.3) is 5.91 Å². The minimum Gasteiger partial charge on any atom is -0.393 e. The minimum atomic E-state index is -1.49. The number of aromatic nitrogens is 2. The molecule has 180 valence electrons. The van der Waals surface area contributed by atoms with E-state index in [1.807, 2.05) is 6.92 Å². The molecule has 0 bridgehead atoms. The highest BCUT2D eigenvalue weighted by molar-refractivity contribution is 5.99. The van der Waals surface area contributed by atoms with Crippen LogP contribution in [-0.2, 0) is 19.3 Å². The van der Waals surface area contributed by atoms with Crippen LogP contribution in [0.3, 0.4) is 0 Å². The van der Waals surface area contributed by atoms with Crippen LogP contribution in [0.5, 0.6) is 0 Å². The summed E-state index contributed by atoms with van der Waals surface area (Å²) >= 11 is 0. The van der Waals surface area contributed by atoms with E-state index in [-0.39, 0.29) is 11.5 Å². The van der Waals surface area contributed by atoms with Crippen LogP contribution in [0.2, 0.25) is 0 Å². The molecule has 0 spiro atoms. The lowest BCUT2D eigenvalue weighted by molar-refractivity contribution is 0.0995. The van der Waals surface area contributed by atoms with Gasteiger partial charge in [0.1, 0.15) is 11.3 Å². The number of halogens is 3. The molecule has 1 fully saturated rings. The number of benzene rings is 1. The Kier molecular flexibility index (Phi) is 6.20. The average molecular weight is 465 g/mol. The van der Waals surface area contributed by atoms with Crippen molar-refractivity contribution in [3.05, 3.63) is 40.0 Å². The van der Waals surface area contributed by atoms with Gasteiger partial charge in [-0.05, 0) is 62.3 Å². The Morgan fingerprint density at radius 3 is 2.45 bits per heavy atom. The molecule has 33 heavy (non-hydrogen) atoms. The van der Waals surface area contributed by atoms with E-state index in [9.17, 15) is 9.90 Å². The number of nitrogens with zero attached hydrogens (tertiary/aromatic N) is 2. The molecule has 0 saturated heterocycles. The number of anilines is 1. The molecule has 1 heterocycles. The van der Waals surface area contributed by atoms with Gasteiger partial charge in [0.15, 0.2) is 17.5 Å². The first-order valence-corrected chi connectivity index (χ1v) is 11.6. The summed E-state index contributed by atoms with van der Waals surface area (Å²) in [6.45, 7) is 6.07. The number of rotatable bonds is 5. The summed E-state index contributed by atoms with van der Waals surface area (Å²) in [5.41, 5.74) is 5.65. The number of hydrogen-bond acceptors (Lipinski definition) is 4. The van der Waals surface area contributed by atoms with Gasteiger partial charge in [-0.1, -0.05) is 20.8 Å². The number of amides is 1. The Hall–Kier alpha value is -2.55. The summed E-state index contributed by atoms with van der Waals surface area (Å²) in [4.78, 5) is 12.0. The fourth-order valence-electron chi connectivity index (χ4n) is 5.11. The standard InChI is InChI=1S/C24H31F3N4O2/c1-4-15-14-9-10-24(2,3)11-16(14)31(30-15)22-19(26)18(25)17(23(28)33)21(20(22)27)29-12-5-7-13(32)8-6-12/h12-13,29,32H,4-11H2,1-3H3,(H2,28,33)/t12-,13-. The van der Waals surface area contributed by atoms with Crippen LogP contribution in [0.15, 0.2) is 0 Å². The first-order valence-electron chi connectivity index (χ1n) is 11.6. The molecule has 2 aliphatic carbocycles. The van der Waals surface area contributed by atoms with Crippen molar-refractivity contribution in [2.45, 2.75) is 84.3 Å². The summed E-state index contributed by atoms with van der Waals surface area (Å²) in [5, 5.41) is 17.1. The van der Waals surface area contributed by atoms with Crippen molar-refractivity contribution in [2.75, 3.05) is 5.32 Å². The van der Waals surface area contributed by atoms with E-state index < -0.39 is 46.4 Å². The van der Waals surface area contributed by atoms with E-state index in [4.69, 9.17) is 5.73 Å².